The van der Waals surface area contributed by atoms with E-state index in [2.05, 4.69) is 42.1 Å². The number of azo groups is 1. The zero-order valence-electron chi connectivity index (χ0n) is 19.4. The van der Waals surface area contributed by atoms with Crippen LogP contribution < -0.4 is 4.90 Å². The summed E-state index contributed by atoms with van der Waals surface area (Å²) in [7, 11) is 1.55. The van der Waals surface area contributed by atoms with Crippen molar-refractivity contribution in [3.63, 3.8) is 0 Å². The average Bonchev–Trinajstić information content (AvgIpc) is 3.25. The number of halogens is 1. The van der Waals surface area contributed by atoms with Gasteiger partial charge >= 0.3 is 0 Å². The highest BCUT2D eigenvalue weighted by atomic mass is 79.9. The Bertz CT molecular complexity index is 1020. The lowest BCUT2D eigenvalue weighted by Gasteiger charge is -2.37. The summed E-state index contributed by atoms with van der Waals surface area (Å²) in [5.74, 6) is 0.735. The van der Waals surface area contributed by atoms with Gasteiger partial charge in [0, 0.05) is 45.4 Å². The van der Waals surface area contributed by atoms with Crippen LogP contribution in [0.1, 0.15) is 24.8 Å². The molecule has 2 saturated heterocycles. The molecule has 4 rings (SSSR count). The normalized spacial score (nSPS) is 23.9. The van der Waals surface area contributed by atoms with Gasteiger partial charge in [0.15, 0.2) is 4.83 Å². The Morgan fingerprint density at radius 3 is 2.69 bits per heavy atom. The number of aromatic nitrogens is 1. The summed E-state index contributed by atoms with van der Waals surface area (Å²) in [5.41, 5.74) is 0.539. The van der Waals surface area contributed by atoms with Crippen LogP contribution in [0.15, 0.2) is 40.5 Å². The minimum atomic E-state index is -0.701. The number of amides is 2. The van der Waals surface area contributed by atoms with Crippen LogP contribution >= 0.6 is 15.9 Å². The molecule has 3 atom stereocenters. The molecule has 1 unspecified atom stereocenters. The highest BCUT2D eigenvalue weighted by Gasteiger charge is 2.38. The number of piperidine rings is 1. The van der Waals surface area contributed by atoms with Gasteiger partial charge < -0.3 is 24.0 Å². The Balaban J connectivity index is 1.26. The topological polar surface area (TPSA) is 130 Å². The Hall–Kier alpha value is -2.88. The molecule has 0 aromatic carbocycles. The standard InChI is InChI=1S/C23H27BrN6O5/c1-33-13-17(35-19-12-27-28-22(31)21(19)24)14-34-18-6-9-30(23(18)32)16-4-7-29(8-5-16)20-3-2-15(10-25)11-26-20/h2-3,11-12,16-18,21H,4-9,13-14H2,1H3/t17-,18-,21?/m0/s1. The van der Waals surface area contributed by atoms with E-state index in [0.29, 0.717) is 24.3 Å². The third-order valence-electron chi connectivity index (χ3n) is 6.24. The van der Waals surface area contributed by atoms with Gasteiger partial charge in [0.05, 0.1) is 25.0 Å². The fourth-order valence-electron chi connectivity index (χ4n) is 4.43. The van der Waals surface area contributed by atoms with E-state index in [-0.39, 0.29) is 25.2 Å². The van der Waals surface area contributed by atoms with Gasteiger partial charge in [0.2, 0.25) is 0 Å². The number of pyridine rings is 1. The van der Waals surface area contributed by atoms with Crippen LogP contribution in [0, 0.1) is 11.3 Å². The summed E-state index contributed by atoms with van der Waals surface area (Å²) in [6.45, 7) is 2.61. The highest BCUT2D eigenvalue weighted by molar-refractivity contribution is 9.10. The largest absolute Gasteiger partial charge is 0.487 e. The third kappa shape index (κ3) is 6.04. The van der Waals surface area contributed by atoms with Crippen molar-refractivity contribution in [2.24, 2.45) is 10.2 Å². The molecule has 3 aliphatic rings. The van der Waals surface area contributed by atoms with Crippen LogP contribution in [0.2, 0.25) is 0 Å². The van der Waals surface area contributed by atoms with Crippen LogP contribution in [0.25, 0.3) is 0 Å². The summed E-state index contributed by atoms with van der Waals surface area (Å²) in [6.07, 6.45) is 4.24. The van der Waals surface area contributed by atoms with Gasteiger partial charge in [0.1, 0.15) is 29.9 Å². The number of carbonyl (C=O) groups excluding carboxylic acids is 2. The van der Waals surface area contributed by atoms with Gasteiger partial charge in [-0.2, -0.15) is 10.4 Å². The number of nitriles is 1. The molecule has 0 spiro atoms. The number of ether oxygens (including phenoxy) is 3. The number of hydrogen-bond acceptors (Lipinski definition) is 9. The molecule has 0 N–H and O–H groups in total. The first-order valence-electron chi connectivity index (χ1n) is 11.5. The van der Waals surface area contributed by atoms with Crippen LogP contribution in [0.5, 0.6) is 0 Å². The van der Waals surface area contributed by atoms with E-state index in [4.69, 9.17) is 19.5 Å². The van der Waals surface area contributed by atoms with Crippen molar-refractivity contribution in [3.8, 4) is 6.07 Å². The molecule has 0 aliphatic carbocycles. The lowest BCUT2D eigenvalue weighted by Crippen LogP contribution is -2.47. The van der Waals surface area contributed by atoms with E-state index in [1.807, 2.05) is 11.0 Å². The number of rotatable bonds is 9. The lowest BCUT2D eigenvalue weighted by atomic mass is 10.0. The molecule has 2 fully saturated rings. The molecule has 4 heterocycles. The minimum Gasteiger partial charge on any atom is -0.487 e. The Labute approximate surface area is 211 Å². The zero-order valence-corrected chi connectivity index (χ0v) is 21.0. The number of methoxy groups -OCH3 is 1. The van der Waals surface area contributed by atoms with Crippen LogP contribution in [-0.2, 0) is 23.8 Å². The maximum atomic E-state index is 13.1. The van der Waals surface area contributed by atoms with E-state index in [9.17, 15) is 9.59 Å². The first kappa shape index (κ1) is 25.2. The first-order valence-corrected chi connectivity index (χ1v) is 12.4. The van der Waals surface area contributed by atoms with E-state index in [1.54, 1.807) is 19.4 Å². The molecule has 0 saturated carbocycles. The minimum absolute atomic E-state index is 0.00431. The number of carbonyl (C=O) groups is 2. The van der Waals surface area contributed by atoms with Crippen molar-refractivity contribution in [2.75, 3.05) is 44.9 Å². The van der Waals surface area contributed by atoms with Gasteiger partial charge in [-0.15, -0.1) is 5.11 Å². The molecule has 0 radical (unpaired) electrons. The maximum Gasteiger partial charge on any atom is 0.285 e. The summed E-state index contributed by atoms with van der Waals surface area (Å²) >= 11 is 3.24. The predicted molar refractivity (Wildman–Crippen MR) is 128 cm³/mol. The first-order chi connectivity index (χ1) is 17.0. The molecule has 3 aliphatic heterocycles. The molecular formula is C23H27BrN6O5. The lowest BCUT2D eigenvalue weighted by molar-refractivity contribution is -0.142. The second-order valence-electron chi connectivity index (χ2n) is 8.52. The SMILES string of the molecule is COC[C@@H](CO[C@H]1CCN(C2CCN(c3ccc(C#N)cn3)CC2)C1=O)OC1=CN=NC(=O)C1Br. The zero-order chi connectivity index (χ0) is 24.8. The molecule has 11 nitrogen and oxygen atoms in total. The second kappa shape index (κ2) is 11.7. The van der Waals surface area contributed by atoms with Gasteiger partial charge in [0.25, 0.3) is 11.8 Å². The fraction of sp³-hybridized carbons (Fsp3) is 0.565. The van der Waals surface area contributed by atoms with E-state index >= 15 is 0 Å². The summed E-state index contributed by atoms with van der Waals surface area (Å²) in [6, 6.07) is 5.87. The van der Waals surface area contributed by atoms with Crippen LogP contribution in [-0.4, -0.2) is 84.7 Å². The third-order valence-corrected chi connectivity index (χ3v) is 7.09. The van der Waals surface area contributed by atoms with Crippen molar-refractivity contribution >= 4 is 33.6 Å². The number of anilines is 1. The molecular weight excluding hydrogens is 520 g/mol. The van der Waals surface area contributed by atoms with Crippen LogP contribution in [0.3, 0.4) is 0 Å². The molecule has 35 heavy (non-hydrogen) atoms. The quantitative estimate of drug-likeness (QED) is 0.430. The fourth-order valence-corrected chi connectivity index (χ4v) is 4.74. The summed E-state index contributed by atoms with van der Waals surface area (Å²) in [4.78, 5) is 32.6. The number of alkyl halides is 1. The van der Waals surface area contributed by atoms with E-state index < -0.39 is 22.9 Å². The molecule has 1 aromatic rings. The van der Waals surface area contributed by atoms with Gasteiger partial charge in [-0.25, -0.2) is 4.98 Å². The monoisotopic (exact) mass is 546 g/mol. The number of likely N-dealkylation sites (tertiary alicyclic amines) is 1. The smallest absolute Gasteiger partial charge is 0.285 e. The summed E-state index contributed by atoms with van der Waals surface area (Å²) in [5, 5.41) is 16.1. The molecule has 1 aromatic heterocycles. The van der Waals surface area contributed by atoms with Gasteiger partial charge in [-0.05, 0) is 25.0 Å². The number of hydrogen-bond donors (Lipinski definition) is 0. The van der Waals surface area contributed by atoms with Crippen molar-refractivity contribution in [1.82, 2.24) is 9.88 Å². The van der Waals surface area contributed by atoms with E-state index in [1.165, 1.54) is 6.20 Å². The summed E-state index contributed by atoms with van der Waals surface area (Å²) < 4.78 is 17.0. The van der Waals surface area contributed by atoms with Crippen molar-refractivity contribution < 1.29 is 23.8 Å². The molecule has 0 bridgehead atoms. The van der Waals surface area contributed by atoms with E-state index in [0.717, 1.165) is 31.7 Å². The van der Waals surface area contributed by atoms with Crippen molar-refractivity contribution in [2.45, 2.75) is 42.3 Å². The predicted octanol–water partition coefficient (Wildman–Crippen LogP) is 2.17. The molecule has 2 amide bonds. The van der Waals surface area contributed by atoms with Gasteiger partial charge in [-0.3, -0.25) is 9.59 Å². The van der Waals surface area contributed by atoms with Crippen molar-refractivity contribution in [3.05, 3.63) is 35.9 Å². The Kier molecular flexibility index (Phi) is 8.43. The Morgan fingerprint density at radius 2 is 2.00 bits per heavy atom. The maximum absolute atomic E-state index is 13.1. The number of nitrogens with zero attached hydrogens (tertiary/aromatic N) is 6. The average molecular weight is 547 g/mol. The highest BCUT2D eigenvalue weighted by Crippen LogP contribution is 2.27. The van der Waals surface area contributed by atoms with Crippen LogP contribution in [0.4, 0.5) is 5.82 Å². The van der Waals surface area contributed by atoms with Gasteiger partial charge in [-0.1, -0.05) is 15.9 Å². The molecule has 186 valence electrons. The van der Waals surface area contributed by atoms with Crippen molar-refractivity contribution in [1.29, 1.82) is 5.26 Å². The second-order valence-corrected chi connectivity index (χ2v) is 9.44. The Morgan fingerprint density at radius 1 is 1.20 bits per heavy atom. The molecule has 12 heteroatoms.